The maximum atomic E-state index is 11.2. The normalized spacial score (nSPS) is 40.3. The van der Waals surface area contributed by atoms with Crippen LogP contribution in [0.15, 0.2) is 11.6 Å². The van der Waals surface area contributed by atoms with E-state index in [4.69, 9.17) is 4.74 Å². The van der Waals surface area contributed by atoms with E-state index >= 15 is 0 Å². The molecule has 0 aromatic carbocycles. The van der Waals surface area contributed by atoms with Crippen LogP contribution < -0.4 is 0 Å². The van der Waals surface area contributed by atoms with Gasteiger partial charge in [0.2, 0.25) is 0 Å². The van der Waals surface area contributed by atoms with Crippen molar-refractivity contribution in [1.82, 2.24) is 0 Å². The molecule has 0 unspecified atom stereocenters. The van der Waals surface area contributed by atoms with Gasteiger partial charge in [0.05, 0.1) is 5.92 Å². The van der Waals surface area contributed by atoms with Gasteiger partial charge in [-0.15, -0.1) is 0 Å². The third-order valence-electron chi connectivity index (χ3n) is 3.02. The monoisotopic (exact) mass is 166 g/mol. The predicted octanol–water partition coefficient (Wildman–Crippen LogP) is 1.90. The molecular weight excluding hydrogens is 152 g/mol. The molecule has 0 radical (unpaired) electrons. The van der Waals surface area contributed by atoms with Crippen molar-refractivity contribution in [2.45, 2.75) is 32.8 Å². The van der Waals surface area contributed by atoms with Crippen molar-refractivity contribution in [3.05, 3.63) is 11.6 Å². The van der Waals surface area contributed by atoms with Crippen molar-refractivity contribution < 1.29 is 9.53 Å². The minimum absolute atomic E-state index is 0.00639. The van der Waals surface area contributed by atoms with Gasteiger partial charge in [-0.2, -0.15) is 0 Å². The van der Waals surface area contributed by atoms with Crippen molar-refractivity contribution in [3.63, 3.8) is 0 Å². The molecule has 3 atom stereocenters. The first kappa shape index (κ1) is 7.84. The van der Waals surface area contributed by atoms with Crippen LogP contribution in [0.5, 0.6) is 0 Å². The predicted molar refractivity (Wildman–Crippen MR) is 45.5 cm³/mol. The minimum atomic E-state index is -0.00639. The number of rotatable bonds is 0. The molecule has 0 aromatic heterocycles. The lowest BCUT2D eigenvalue weighted by atomic mass is 9.82. The Morgan fingerprint density at radius 1 is 1.58 bits per heavy atom. The Kier molecular flexibility index (Phi) is 1.71. The number of allylic oxidation sites excluding steroid dienone is 1. The second-order valence-electron chi connectivity index (χ2n) is 3.92. The summed E-state index contributed by atoms with van der Waals surface area (Å²) in [5.41, 5.74) is 1.36. The van der Waals surface area contributed by atoms with Gasteiger partial charge in [-0.25, -0.2) is 0 Å². The molecule has 1 aliphatic heterocycles. The largest absolute Gasteiger partial charge is 0.461 e. The van der Waals surface area contributed by atoms with Crippen molar-refractivity contribution in [3.8, 4) is 0 Å². The molecule has 0 N–H and O–H groups in total. The van der Waals surface area contributed by atoms with Gasteiger partial charge in [-0.3, -0.25) is 4.79 Å². The van der Waals surface area contributed by atoms with E-state index in [1.165, 1.54) is 5.57 Å². The summed E-state index contributed by atoms with van der Waals surface area (Å²) in [5.74, 6) is 0.550. The molecule has 2 heteroatoms. The Hall–Kier alpha value is -0.790. The highest BCUT2D eigenvalue weighted by Crippen LogP contribution is 2.37. The Morgan fingerprint density at radius 3 is 3.08 bits per heavy atom. The fourth-order valence-corrected chi connectivity index (χ4v) is 2.13. The van der Waals surface area contributed by atoms with Crippen LogP contribution in [0, 0.1) is 11.8 Å². The fourth-order valence-electron chi connectivity index (χ4n) is 2.13. The zero-order chi connectivity index (χ0) is 8.72. The van der Waals surface area contributed by atoms with Crippen molar-refractivity contribution in [1.29, 1.82) is 0 Å². The van der Waals surface area contributed by atoms with E-state index in [1.807, 2.05) is 6.92 Å². The van der Waals surface area contributed by atoms with E-state index in [0.29, 0.717) is 5.92 Å². The summed E-state index contributed by atoms with van der Waals surface area (Å²) in [6.07, 6.45) is 4.38. The standard InChI is InChI=1S/C10H14O2/c1-6-3-4-8-7(2)10(11)12-9(8)5-6/h3,7-9H,4-5H2,1-2H3/t7-,8-,9-/m0/s1. The summed E-state index contributed by atoms with van der Waals surface area (Å²) in [7, 11) is 0. The van der Waals surface area contributed by atoms with E-state index in [0.717, 1.165) is 12.8 Å². The number of ether oxygens (including phenoxy) is 1. The molecule has 0 bridgehead atoms. The Labute approximate surface area is 72.6 Å². The van der Waals surface area contributed by atoms with Crippen LogP contribution in [0.3, 0.4) is 0 Å². The van der Waals surface area contributed by atoms with E-state index in [9.17, 15) is 4.79 Å². The summed E-state index contributed by atoms with van der Waals surface area (Å²) < 4.78 is 5.27. The maximum Gasteiger partial charge on any atom is 0.309 e. The van der Waals surface area contributed by atoms with Gasteiger partial charge in [-0.1, -0.05) is 18.6 Å². The summed E-state index contributed by atoms with van der Waals surface area (Å²) in [6, 6.07) is 0. The number of hydrogen-bond donors (Lipinski definition) is 0. The second kappa shape index (κ2) is 2.61. The van der Waals surface area contributed by atoms with Crippen LogP contribution in [0.4, 0.5) is 0 Å². The Balaban J connectivity index is 2.18. The molecule has 0 spiro atoms. The van der Waals surface area contributed by atoms with Gasteiger partial charge >= 0.3 is 5.97 Å². The second-order valence-corrected chi connectivity index (χ2v) is 3.92. The number of fused-ring (bicyclic) bond motifs is 1. The van der Waals surface area contributed by atoms with Gasteiger partial charge in [-0.05, 0) is 13.3 Å². The molecule has 0 aromatic rings. The third kappa shape index (κ3) is 1.06. The van der Waals surface area contributed by atoms with Gasteiger partial charge in [0, 0.05) is 12.3 Å². The van der Waals surface area contributed by atoms with Gasteiger partial charge in [0.1, 0.15) is 6.10 Å². The molecule has 0 saturated carbocycles. The van der Waals surface area contributed by atoms with Crippen molar-refractivity contribution in [2.75, 3.05) is 0 Å². The number of carbonyl (C=O) groups is 1. The average Bonchev–Trinajstić information content (AvgIpc) is 2.28. The van der Waals surface area contributed by atoms with Crippen molar-refractivity contribution >= 4 is 5.97 Å². The molecule has 1 heterocycles. The van der Waals surface area contributed by atoms with Crippen LogP contribution in [0.1, 0.15) is 26.7 Å². The van der Waals surface area contributed by atoms with Crippen LogP contribution in [0.2, 0.25) is 0 Å². The smallest absolute Gasteiger partial charge is 0.309 e. The SMILES string of the molecule is CC1=CC[C@@H]2[C@H](C1)OC(=O)[C@H]2C. The lowest BCUT2D eigenvalue weighted by Crippen LogP contribution is -2.22. The lowest BCUT2D eigenvalue weighted by Gasteiger charge is -2.22. The molecule has 0 amide bonds. The summed E-state index contributed by atoms with van der Waals surface area (Å²) >= 11 is 0. The molecule has 2 aliphatic rings. The third-order valence-corrected chi connectivity index (χ3v) is 3.02. The first-order valence-corrected chi connectivity index (χ1v) is 4.54. The number of esters is 1. The molecule has 12 heavy (non-hydrogen) atoms. The quantitative estimate of drug-likeness (QED) is 0.406. The minimum Gasteiger partial charge on any atom is -0.461 e. The summed E-state index contributed by atoms with van der Waals surface area (Å²) in [5, 5.41) is 0. The number of hydrogen-bond acceptors (Lipinski definition) is 2. The first-order chi connectivity index (χ1) is 5.68. The van der Waals surface area contributed by atoms with E-state index in [1.54, 1.807) is 0 Å². The van der Waals surface area contributed by atoms with E-state index in [-0.39, 0.29) is 18.0 Å². The molecule has 2 nitrogen and oxygen atoms in total. The Bertz CT molecular complexity index is 242. The van der Waals surface area contributed by atoms with E-state index < -0.39 is 0 Å². The number of carbonyl (C=O) groups excluding carboxylic acids is 1. The molecule has 1 saturated heterocycles. The highest BCUT2D eigenvalue weighted by molar-refractivity contribution is 5.75. The average molecular weight is 166 g/mol. The highest BCUT2D eigenvalue weighted by atomic mass is 16.6. The van der Waals surface area contributed by atoms with Crippen LogP contribution in [0.25, 0.3) is 0 Å². The summed E-state index contributed by atoms with van der Waals surface area (Å²) in [4.78, 5) is 11.2. The fraction of sp³-hybridized carbons (Fsp3) is 0.700. The molecule has 1 fully saturated rings. The first-order valence-electron chi connectivity index (χ1n) is 4.54. The van der Waals surface area contributed by atoms with Crippen LogP contribution >= 0.6 is 0 Å². The molecule has 1 aliphatic carbocycles. The molecular formula is C10H14O2. The topological polar surface area (TPSA) is 26.3 Å². The highest BCUT2D eigenvalue weighted by Gasteiger charge is 2.42. The Morgan fingerprint density at radius 2 is 2.33 bits per heavy atom. The lowest BCUT2D eigenvalue weighted by molar-refractivity contribution is -0.143. The van der Waals surface area contributed by atoms with Gasteiger partial charge in [0.25, 0.3) is 0 Å². The maximum absolute atomic E-state index is 11.2. The van der Waals surface area contributed by atoms with Crippen LogP contribution in [-0.4, -0.2) is 12.1 Å². The van der Waals surface area contributed by atoms with Gasteiger partial charge < -0.3 is 4.74 Å². The van der Waals surface area contributed by atoms with Gasteiger partial charge in [0.15, 0.2) is 0 Å². The zero-order valence-corrected chi connectivity index (χ0v) is 7.54. The zero-order valence-electron chi connectivity index (χ0n) is 7.54. The summed E-state index contributed by atoms with van der Waals surface area (Å²) in [6.45, 7) is 4.08. The molecule has 66 valence electrons. The van der Waals surface area contributed by atoms with E-state index in [2.05, 4.69) is 13.0 Å². The molecule has 2 rings (SSSR count). The van der Waals surface area contributed by atoms with Crippen molar-refractivity contribution in [2.24, 2.45) is 11.8 Å². The van der Waals surface area contributed by atoms with Crippen LogP contribution in [-0.2, 0) is 9.53 Å².